The molecule has 0 bridgehead atoms. The van der Waals surface area contributed by atoms with Gasteiger partial charge < -0.3 is 14.4 Å². The molecule has 2 aromatic rings. The Balaban J connectivity index is 2.95. The number of carbonyl (C=O) groups is 1. The Kier molecular flexibility index (Phi) is 3.53. The molecule has 0 radical (unpaired) electrons. The second kappa shape index (κ2) is 5.00. The molecular formula is C15H17NO4. The summed E-state index contributed by atoms with van der Waals surface area (Å²) >= 11 is 0. The zero-order chi connectivity index (χ0) is 15.0. The largest absolute Gasteiger partial charge is 0.489 e. The van der Waals surface area contributed by atoms with Gasteiger partial charge in [-0.05, 0) is 32.9 Å². The van der Waals surface area contributed by atoms with Crippen molar-refractivity contribution in [1.29, 1.82) is 0 Å². The van der Waals surface area contributed by atoms with Crippen molar-refractivity contribution in [2.45, 2.75) is 26.9 Å². The Bertz CT molecular complexity index is 744. The van der Waals surface area contributed by atoms with Crippen LogP contribution in [-0.2, 0) is 7.05 Å². The van der Waals surface area contributed by atoms with Crippen molar-refractivity contribution in [2.75, 3.05) is 0 Å². The van der Waals surface area contributed by atoms with Crippen LogP contribution in [0.2, 0.25) is 0 Å². The number of hydrogen-bond donors (Lipinski definition) is 1. The van der Waals surface area contributed by atoms with Gasteiger partial charge in [0.2, 0.25) is 0 Å². The molecule has 2 rings (SSSR count). The van der Waals surface area contributed by atoms with Crippen LogP contribution in [0.5, 0.6) is 5.75 Å². The van der Waals surface area contributed by atoms with Crippen LogP contribution in [0, 0.1) is 6.92 Å². The number of aromatic carboxylic acids is 1. The molecule has 20 heavy (non-hydrogen) atoms. The van der Waals surface area contributed by atoms with E-state index < -0.39 is 5.97 Å². The molecule has 0 aliphatic rings. The lowest BCUT2D eigenvalue weighted by Gasteiger charge is -2.17. The topological polar surface area (TPSA) is 68.5 Å². The number of ether oxygens (including phenoxy) is 1. The number of carboxylic acids is 1. The van der Waals surface area contributed by atoms with Gasteiger partial charge in [0, 0.05) is 18.0 Å². The van der Waals surface area contributed by atoms with E-state index in [1.165, 1.54) is 11.5 Å². The monoisotopic (exact) mass is 275 g/mol. The third kappa shape index (κ3) is 2.15. The van der Waals surface area contributed by atoms with E-state index >= 15 is 0 Å². The summed E-state index contributed by atoms with van der Waals surface area (Å²) < 4.78 is 7.19. The van der Waals surface area contributed by atoms with Gasteiger partial charge in [0.05, 0.1) is 11.6 Å². The van der Waals surface area contributed by atoms with Gasteiger partial charge in [0.1, 0.15) is 11.4 Å². The molecule has 0 saturated carbocycles. The molecule has 1 aromatic carbocycles. The standard InChI is InChI=1S/C15H17NO4/c1-8(2)20-11-7-5-6-10-13(11)16(4)12(15(18)19)9(3)14(10)17/h5-8H,1-4H3,(H,18,19). The molecular weight excluding hydrogens is 258 g/mol. The van der Waals surface area contributed by atoms with E-state index in [-0.39, 0.29) is 22.8 Å². The van der Waals surface area contributed by atoms with Crippen molar-refractivity contribution in [1.82, 2.24) is 4.57 Å². The van der Waals surface area contributed by atoms with Crippen LogP contribution >= 0.6 is 0 Å². The quantitative estimate of drug-likeness (QED) is 0.933. The van der Waals surface area contributed by atoms with Crippen molar-refractivity contribution < 1.29 is 14.6 Å². The zero-order valence-electron chi connectivity index (χ0n) is 11.9. The fourth-order valence-electron chi connectivity index (χ4n) is 2.38. The van der Waals surface area contributed by atoms with E-state index in [0.29, 0.717) is 16.7 Å². The summed E-state index contributed by atoms with van der Waals surface area (Å²) in [6.07, 6.45) is -0.0646. The Morgan fingerprint density at radius 3 is 2.55 bits per heavy atom. The highest BCUT2D eigenvalue weighted by atomic mass is 16.5. The van der Waals surface area contributed by atoms with Gasteiger partial charge in [0.15, 0.2) is 5.43 Å². The van der Waals surface area contributed by atoms with Crippen LogP contribution in [0.4, 0.5) is 0 Å². The van der Waals surface area contributed by atoms with Crippen molar-refractivity contribution in [3.05, 3.63) is 39.7 Å². The second-order valence-electron chi connectivity index (χ2n) is 4.99. The number of para-hydroxylation sites is 1. The Morgan fingerprint density at radius 2 is 2.00 bits per heavy atom. The van der Waals surface area contributed by atoms with Crippen LogP contribution in [0.25, 0.3) is 10.9 Å². The van der Waals surface area contributed by atoms with E-state index in [1.54, 1.807) is 25.2 Å². The van der Waals surface area contributed by atoms with Crippen LogP contribution in [-0.4, -0.2) is 21.7 Å². The summed E-state index contributed by atoms with van der Waals surface area (Å²) in [5.74, 6) is -0.608. The highest BCUT2D eigenvalue weighted by molar-refractivity contribution is 5.94. The zero-order valence-corrected chi connectivity index (χ0v) is 11.9. The summed E-state index contributed by atoms with van der Waals surface area (Å²) in [6, 6.07) is 5.16. The summed E-state index contributed by atoms with van der Waals surface area (Å²) in [6.45, 7) is 5.29. The number of carboxylic acid groups (broad SMARTS) is 1. The molecule has 1 N–H and O–H groups in total. The summed E-state index contributed by atoms with van der Waals surface area (Å²) in [7, 11) is 1.63. The summed E-state index contributed by atoms with van der Waals surface area (Å²) in [4.78, 5) is 23.7. The van der Waals surface area contributed by atoms with E-state index in [1.807, 2.05) is 13.8 Å². The SMILES string of the molecule is Cc1c(C(=O)O)n(C)c2c(OC(C)C)cccc2c1=O. The molecule has 5 nitrogen and oxygen atoms in total. The number of hydrogen-bond acceptors (Lipinski definition) is 3. The third-order valence-corrected chi connectivity index (χ3v) is 3.18. The summed E-state index contributed by atoms with van der Waals surface area (Å²) in [5, 5.41) is 9.77. The number of fused-ring (bicyclic) bond motifs is 1. The second-order valence-corrected chi connectivity index (χ2v) is 4.99. The number of rotatable bonds is 3. The first kappa shape index (κ1) is 14.1. The predicted molar refractivity (Wildman–Crippen MR) is 76.6 cm³/mol. The molecule has 5 heteroatoms. The van der Waals surface area contributed by atoms with E-state index in [2.05, 4.69) is 0 Å². The Labute approximate surface area is 116 Å². The molecule has 0 fully saturated rings. The molecule has 0 aliphatic carbocycles. The smallest absolute Gasteiger partial charge is 0.352 e. The first-order chi connectivity index (χ1) is 9.34. The van der Waals surface area contributed by atoms with Crippen LogP contribution < -0.4 is 10.2 Å². The van der Waals surface area contributed by atoms with Crippen molar-refractivity contribution in [3.8, 4) is 5.75 Å². The van der Waals surface area contributed by atoms with Gasteiger partial charge in [-0.1, -0.05) is 6.07 Å². The van der Waals surface area contributed by atoms with E-state index in [9.17, 15) is 14.7 Å². The minimum absolute atomic E-state index is 0.0118. The maximum Gasteiger partial charge on any atom is 0.352 e. The lowest BCUT2D eigenvalue weighted by molar-refractivity contribution is 0.0685. The highest BCUT2D eigenvalue weighted by Gasteiger charge is 2.19. The van der Waals surface area contributed by atoms with Crippen LogP contribution in [0.15, 0.2) is 23.0 Å². The predicted octanol–water partition coefficient (Wildman–Crippen LogP) is 2.33. The molecule has 0 saturated heterocycles. The molecule has 0 amide bonds. The Morgan fingerprint density at radius 1 is 1.35 bits per heavy atom. The first-order valence-electron chi connectivity index (χ1n) is 6.36. The molecule has 106 valence electrons. The highest BCUT2D eigenvalue weighted by Crippen LogP contribution is 2.26. The number of aromatic nitrogens is 1. The third-order valence-electron chi connectivity index (χ3n) is 3.18. The number of pyridine rings is 1. The normalized spacial score (nSPS) is 11.1. The van der Waals surface area contributed by atoms with Crippen molar-refractivity contribution in [2.24, 2.45) is 7.05 Å². The fourth-order valence-corrected chi connectivity index (χ4v) is 2.38. The number of benzene rings is 1. The van der Waals surface area contributed by atoms with Crippen LogP contribution in [0.1, 0.15) is 29.9 Å². The van der Waals surface area contributed by atoms with Gasteiger partial charge in [-0.3, -0.25) is 4.79 Å². The average Bonchev–Trinajstić information content (AvgIpc) is 2.35. The lowest BCUT2D eigenvalue weighted by Crippen LogP contribution is -2.21. The Hall–Kier alpha value is -2.30. The lowest BCUT2D eigenvalue weighted by atomic mass is 10.1. The molecule has 0 atom stereocenters. The van der Waals surface area contributed by atoms with Gasteiger partial charge >= 0.3 is 5.97 Å². The van der Waals surface area contributed by atoms with Gasteiger partial charge in [-0.15, -0.1) is 0 Å². The molecule has 0 spiro atoms. The maximum absolute atomic E-state index is 12.3. The first-order valence-corrected chi connectivity index (χ1v) is 6.36. The minimum Gasteiger partial charge on any atom is -0.489 e. The maximum atomic E-state index is 12.3. The van der Waals surface area contributed by atoms with Crippen LogP contribution in [0.3, 0.4) is 0 Å². The van der Waals surface area contributed by atoms with Gasteiger partial charge in [-0.25, -0.2) is 4.79 Å². The molecule has 0 aliphatic heterocycles. The fraction of sp³-hybridized carbons (Fsp3) is 0.333. The van der Waals surface area contributed by atoms with E-state index in [4.69, 9.17) is 4.74 Å². The summed E-state index contributed by atoms with van der Waals surface area (Å²) in [5.41, 5.74) is 0.454. The molecule has 1 heterocycles. The van der Waals surface area contributed by atoms with Crippen molar-refractivity contribution >= 4 is 16.9 Å². The molecule has 1 aromatic heterocycles. The van der Waals surface area contributed by atoms with Crippen molar-refractivity contribution in [3.63, 3.8) is 0 Å². The number of nitrogens with zero attached hydrogens (tertiary/aromatic N) is 1. The number of aryl methyl sites for hydroxylation is 1. The van der Waals surface area contributed by atoms with Gasteiger partial charge in [0.25, 0.3) is 0 Å². The van der Waals surface area contributed by atoms with E-state index in [0.717, 1.165) is 0 Å². The average molecular weight is 275 g/mol. The minimum atomic E-state index is -1.12. The molecule has 0 unspecified atom stereocenters. The van der Waals surface area contributed by atoms with Gasteiger partial charge in [-0.2, -0.15) is 0 Å².